The minimum absolute atomic E-state index is 0.0331. The highest BCUT2D eigenvalue weighted by Crippen LogP contribution is 2.43. The van der Waals surface area contributed by atoms with Gasteiger partial charge in [-0.1, -0.05) is 12.1 Å². The number of benzene rings is 3. The molecule has 8 N–H and O–H groups in total. The molecule has 3 saturated heterocycles. The number of likely N-dealkylation sites (N-methyl/N-ethyl adjacent to an activating group) is 3. The number of fused-ring (bicyclic) bond motifs is 3. The second-order valence-corrected chi connectivity index (χ2v) is 28.1. The van der Waals surface area contributed by atoms with E-state index in [9.17, 15) is 20.6 Å². The molecule has 101 heavy (non-hydrogen) atoms. The fourth-order valence-electron chi connectivity index (χ4n) is 14.2. The van der Waals surface area contributed by atoms with E-state index in [1.165, 1.54) is 0 Å². The summed E-state index contributed by atoms with van der Waals surface area (Å²) >= 11 is 0. The minimum atomic E-state index is -0.785. The van der Waals surface area contributed by atoms with Crippen molar-refractivity contribution in [1.29, 1.82) is 5.26 Å². The van der Waals surface area contributed by atoms with Crippen LogP contribution in [0.1, 0.15) is 139 Å². The second-order valence-electron chi connectivity index (χ2n) is 28.1. The predicted molar refractivity (Wildman–Crippen MR) is 393 cm³/mol. The Hall–Kier alpha value is -8.55. The van der Waals surface area contributed by atoms with E-state index in [1.54, 1.807) is 21.1 Å². The molecular formula is C76H100N16O9. The molecule has 12 rings (SSSR count). The van der Waals surface area contributed by atoms with E-state index in [0.717, 1.165) is 103 Å². The molecule has 7 atom stereocenters. The number of aliphatic hydroxyl groups excluding tert-OH is 3. The minimum Gasteiger partial charge on any atom is -0.491 e. The molecule has 7 unspecified atom stereocenters. The van der Waals surface area contributed by atoms with Gasteiger partial charge in [0.25, 0.3) is 0 Å². The summed E-state index contributed by atoms with van der Waals surface area (Å²) in [6.45, 7) is 20.2. The van der Waals surface area contributed by atoms with Crippen molar-refractivity contribution in [1.82, 2.24) is 60.2 Å². The van der Waals surface area contributed by atoms with Gasteiger partial charge < -0.3 is 75.2 Å². The van der Waals surface area contributed by atoms with Gasteiger partial charge >= 0.3 is 0 Å². The molecule has 0 amide bonds. The Kier molecular flexibility index (Phi) is 23.0. The van der Waals surface area contributed by atoms with E-state index in [4.69, 9.17) is 58.7 Å². The number of aliphatic hydroxyl groups is 3. The van der Waals surface area contributed by atoms with Crippen molar-refractivity contribution in [3.05, 3.63) is 107 Å². The van der Waals surface area contributed by atoms with Crippen LogP contribution in [0.4, 0.5) is 17.1 Å². The van der Waals surface area contributed by atoms with Crippen molar-refractivity contribution < 1.29 is 43.7 Å². The first-order valence-electron chi connectivity index (χ1n) is 35.8. The highest BCUT2D eigenvalue weighted by Gasteiger charge is 2.32. The summed E-state index contributed by atoms with van der Waals surface area (Å²) in [6, 6.07) is 28.7. The number of rotatable bonds is 29. The van der Waals surface area contributed by atoms with Crippen LogP contribution in [0.15, 0.2) is 78.9 Å². The quantitative estimate of drug-likeness (QED) is 0.0216. The van der Waals surface area contributed by atoms with Crippen LogP contribution in [-0.4, -0.2) is 190 Å². The maximum Gasteiger partial charge on any atom is 0.174 e. The van der Waals surface area contributed by atoms with Crippen molar-refractivity contribution in [2.45, 2.75) is 161 Å². The van der Waals surface area contributed by atoms with Crippen molar-refractivity contribution in [2.75, 3.05) is 110 Å². The van der Waals surface area contributed by atoms with E-state index in [0.29, 0.717) is 105 Å². The zero-order valence-corrected chi connectivity index (χ0v) is 60.4. The van der Waals surface area contributed by atoms with Gasteiger partial charge in [0.15, 0.2) is 22.6 Å². The monoisotopic (exact) mass is 1380 g/mol. The van der Waals surface area contributed by atoms with Gasteiger partial charge in [-0.25, -0.2) is 29.0 Å². The normalized spacial score (nSPS) is 18.6. The highest BCUT2D eigenvalue weighted by atomic mass is 16.5. The molecule has 3 aliphatic heterocycles. The molecule has 9 heterocycles. The molecule has 0 saturated carbocycles. The average molecular weight is 1380 g/mol. The van der Waals surface area contributed by atoms with Gasteiger partial charge in [0.05, 0.1) is 68.2 Å². The standard InChI is InChI=1S/C76H100N16O9/c1-43(2)90-74-71(46(7)86-90)65(33-62(83-74)48-14-13-15-59(26-48)99-40-56(93)37-78-9)81-53-16-22-97-69(31-53)51-24-49(27-60(29-51)100-41-57(94)38-79-10)63-34-66(73-67(36-77)88-92(45(5)6)76(73)84-63)82-54-17-23-98-70(32-54)52-25-50(28-61(30-52)101-42-58(95)39-80-11)64-35-68(89(12)55-18-20-96-21-19-55)72-47(8)87-91(44(3)4)75(72)85-64/h13-15,24-30,33-35,43-45,53-58,69-70,78-80,93-95H,16-23,31-32,37-42H2,1-12H3,(H,81,83)(H,82,84). The van der Waals surface area contributed by atoms with E-state index < -0.39 is 30.5 Å². The molecule has 25 heteroatoms. The van der Waals surface area contributed by atoms with Crippen molar-refractivity contribution in [3.8, 4) is 57.1 Å². The molecule has 3 fully saturated rings. The Morgan fingerprint density at radius 3 is 1.50 bits per heavy atom. The van der Waals surface area contributed by atoms with Crippen molar-refractivity contribution in [2.24, 2.45) is 0 Å². The Balaban J connectivity index is 0.885. The summed E-state index contributed by atoms with van der Waals surface area (Å²) in [5, 5.41) is 77.8. The fraction of sp³-hybridized carbons (Fsp3) is 0.513. The van der Waals surface area contributed by atoms with Crippen LogP contribution in [0.5, 0.6) is 17.2 Å². The van der Waals surface area contributed by atoms with Gasteiger partial charge in [0.1, 0.15) is 61.5 Å². The molecule has 25 nitrogen and oxygen atoms in total. The third kappa shape index (κ3) is 16.4. The summed E-state index contributed by atoms with van der Waals surface area (Å²) in [5.41, 5.74) is 13.1. The molecule has 0 radical (unpaired) electrons. The molecule has 3 aliphatic rings. The van der Waals surface area contributed by atoms with Crippen molar-refractivity contribution in [3.63, 3.8) is 0 Å². The number of aromatic nitrogens is 9. The van der Waals surface area contributed by atoms with Gasteiger partial charge in [-0.05, 0) is 193 Å². The van der Waals surface area contributed by atoms with Crippen LogP contribution in [0.25, 0.3) is 66.9 Å². The summed E-state index contributed by atoms with van der Waals surface area (Å²) in [4.78, 5) is 18.4. The van der Waals surface area contributed by atoms with Gasteiger partial charge in [-0.2, -0.15) is 20.6 Å². The van der Waals surface area contributed by atoms with E-state index in [2.05, 4.69) is 103 Å². The molecule has 0 bridgehead atoms. The van der Waals surface area contributed by atoms with E-state index >= 15 is 0 Å². The molecular weight excluding hydrogens is 1280 g/mol. The summed E-state index contributed by atoms with van der Waals surface area (Å²) in [7, 11) is 7.55. The lowest BCUT2D eigenvalue weighted by molar-refractivity contribution is 0.00953. The number of nitriles is 1. The number of anilines is 3. The smallest absolute Gasteiger partial charge is 0.174 e. The van der Waals surface area contributed by atoms with Crippen LogP contribution < -0.4 is 45.7 Å². The molecule has 9 aromatic rings. The highest BCUT2D eigenvalue weighted by molar-refractivity contribution is 5.97. The Labute approximate surface area is 591 Å². The number of aryl methyl sites for hydroxylation is 2. The maximum absolute atomic E-state index is 11.0. The Morgan fingerprint density at radius 1 is 0.545 bits per heavy atom. The number of hydrogen-bond donors (Lipinski definition) is 8. The molecule has 0 spiro atoms. The Morgan fingerprint density at radius 2 is 0.990 bits per heavy atom. The Bertz CT molecular complexity index is 4390. The lowest BCUT2D eigenvalue weighted by Gasteiger charge is -2.33. The second kappa shape index (κ2) is 32.2. The summed E-state index contributed by atoms with van der Waals surface area (Å²) < 4.78 is 44.2. The first-order chi connectivity index (χ1) is 48.8. The molecule has 6 aromatic heterocycles. The zero-order valence-electron chi connectivity index (χ0n) is 60.4. The molecule has 538 valence electrons. The third-order valence-corrected chi connectivity index (χ3v) is 19.3. The van der Waals surface area contributed by atoms with Gasteiger partial charge in [0.2, 0.25) is 0 Å². The largest absolute Gasteiger partial charge is 0.491 e. The van der Waals surface area contributed by atoms with Gasteiger partial charge in [0, 0.05) is 112 Å². The van der Waals surface area contributed by atoms with E-state index in [1.807, 2.05) is 89.4 Å². The zero-order chi connectivity index (χ0) is 71.2. The summed E-state index contributed by atoms with van der Waals surface area (Å²) in [6.07, 6.45) is 1.32. The average Bonchev–Trinajstić information content (AvgIpc) is 1.68. The maximum atomic E-state index is 11.0. The first-order valence-corrected chi connectivity index (χ1v) is 35.8. The van der Waals surface area contributed by atoms with Crippen molar-refractivity contribution >= 4 is 50.2 Å². The lowest BCUT2D eigenvalue weighted by atomic mass is 9.94. The van der Waals surface area contributed by atoms with Crippen LogP contribution >= 0.6 is 0 Å². The van der Waals surface area contributed by atoms with Gasteiger partial charge in [-0.3, -0.25) is 0 Å². The number of nitrogens with zero attached hydrogens (tertiary/aromatic N) is 11. The summed E-state index contributed by atoms with van der Waals surface area (Å²) in [5.74, 6) is 1.74. The van der Waals surface area contributed by atoms with E-state index in [-0.39, 0.29) is 61.8 Å². The van der Waals surface area contributed by atoms with Crippen LogP contribution in [0, 0.1) is 25.2 Å². The lowest BCUT2D eigenvalue weighted by Crippen LogP contribution is -2.36. The first kappa shape index (κ1) is 72.2. The predicted octanol–water partition coefficient (Wildman–Crippen LogP) is 10.3. The topological polar surface area (TPSA) is 295 Å². The number of nitrogens with one attached hydrogen (secondary N) is 5. The number of hydrogen-bond acceptors (Lipinski definition) is 22. The SMILES string of the molecule is CNCC(O)COc1cccc(-c2cc(NC3CCOC(c4cc(OCC(O)CNC)cc(-c5cc(NC6CCOC(c7cc(OCC(O)CNC)cc(-c8cc(N(C)C9CCOCC9)c9c(C)nn(C(C)C)c9n8)c7)C6)c6c(C#N)nn(C(C)C)c6n5)c4)C3)c3c(C)nn(C(C)C)c3n2)c1. The molecule has 3 aromatic carbocycles. The van der Waals surface area contributed by atoms with Crippen LogP contribution in [0.2, 0.25) is 0 Å². The fourth-order valence-corrected chi connectivity index (χ4v) is 14.2. The number of pyridine rings is 3. The molecule has 0 aliphatic carbocycles. The van der Waals surface area contributed by atoms with Gasteiger partial charge in [-0.15, -0.1) is 0 Å². The number of ether oxygens (including phenoxy) is 6. The van der Waals surface area contributed by atoms with Crippen LogP contribution in [0.3, 0.4) is 0 Å². The third-order valence-electron chi connectivity index (χ3n) is 19.3. The van der Waals surface area contributed by atoms with Crippen LogP contribution in [-0.2, 0) is 14.2 Å².